The number of nitrogens with one attached hydrogen (secondary N) is 1. The molecule has 0 aliphatic carbocycles. The minimum Gasteiger partial charge on any atom is -0.444 e. The molecule has 1 aromatic heterocycles. The average molecular weight is 353 g/mol. The number of amides is 1. The second kappa shape index (κ2) is 8.31. The average Bonchev–Trinajstić information content (AvgIpc) is 2.64. The van der Waals surface area contributed by atoms with Gasteiger partial charge in [0.05, 0.1) is 0 Å². The van der Waals surface area contributed by atoms with Crippen LogP contribution in [-0.2, 0) is 17.8 Å². The van der Waals surface area contributed by atoms with E-state index >= 15 is 0 Å². The van der Waals surface area contributed by atoms with Crippen molar-refractivity contribution in [1.29, 1.82) is 0 Å². The fraction of sp³-hybridized carbons (Fsp3) is 0.100. The number of anilines is 1. The van der Waals surface area contributed by atoms with Gasteiger partial charge in [-0.1, -0.05) is 41.9 Å². The van der Waals surface area contributed by atoms with E-state index in [1.807, 2.05) is 54.6 Å². The molecule has 5 heteroatoms. The Morgan fingerprint density at radius 2 is 1.68 bits per heavy atom. The van der Waals surface area contributed by atoms with E-state index < -0.39 is 6.09 Å². The first-order valence-electron chi connectivity index (χ1n) is 7.86. The highest BCUT2D eigenvalue weighted by molar-refractivity contribution is 6.30. The van der Waals surface area contributed by atoms with Crippen LogP contribution in [0, 0.1) is 0 Å². The van der Waals surface area contributed by atoms with E-state index in [4.69, 9.17) is 16.3 Å². The Kier molecular flexibility index (Phi) is 5.65. The molecule has 1 heterocycles. The van der Waals surface area contributed by atoms with Gasteiger partial charge in [0.1, 0.15) is 6.61 Å². The number of hydrogen-bond donors (Lipinski definition) is 1. The van der Waals surface area contributed by atoms with Gasteiger partial charge in [-0.05, 0) is 47.5 Å². The number of nitrogens with zero attached hydrogens (tertiary/aromatic N) is 1. The van der Waals surface area contributed by atoms with E-state index in [1.54, 1.807) is 18.3 Å². The number of carbonyl (C=O) groups is 1. The molecule has 126 valence electrons. The fourth-order valence-corrected chi connectivity index (χ4v) is 2.43. The summed E-state index contributed by atoms with van der Waals surface area (Å²) in [5, 5.41) is 3.36. The van der Waals surface area contributed by atoms with E-state index in [0.29, 0.717) is 10.7 Å². The molecule has 0 radical (unpaired) electrons. The van der Waals surface area contributed by atoms with E-state index in [0.717, 1.165) is 23.2 Å². The molecule has 0 bridgehead atoms. The predicted octanol–water partition coefficient (Wildman–Crippen LogP) is 5.07. The number of rotatable bonds is 5. The van der Waals surface area contributed by atoms with Gasteiger partial charge in [0.15, 0.2) is 0 Å². The smallest absolute Gasteiger partial charge is 0.411 e. The summed E-state index contributed by atoms with van der Waals surface area (Å²) in [6.45, 7) is 0.195. The molecule has 4 nitrogen and oxygen atoms in total. The minimum absolute atomic E-state index is 0.195. The van der Waals surface area contributed by atoms with Crippen molar-refractivity contribution in [2.45, 2.75) is 13.0 Å². The highest BCUT2D eigenvalue weighted by Gasteiger charge is 2.04. The van der Waals surface area contributed by atoms with Crippen LogP contribution in [0.2, 0.25) is 5.02 Å². The Morgan fingerprint density at radius 1 is 0.960 bits per heavy atom. The van der Waals surface area contributed by atoms with Gasteiger partial charge in [0.25, 0.3) is 0 Å². The molecule has 25 heavy (non-hydrogen) atoms. The van der Waals surface area contributed by atoms with Crippen LogP contribution in [0.25, 0.3) is 0 Å². The molecule has 0 spiro atoms. The Balaban J connectivity index is 1.50. The Labute approximate surface area is 151 Å². The maximum absolute atomic E-state index is 11.9. The van der Waals surface area contributed by atoms with Crippen LogP contribution in [0.15, 0.2) is 72.9 Å². The molecular formula is C20H17ClN2O2. The van der Waals surface area contributed by atoms with Crippen molar-refractivity contribution in [3.05, 3.63) is 94.8 Å². The summed E-state index contributed by atoms with van der Waals surface area (Å²) in [5.74, 6) is 0. The number of benzene rings is 2. The van der Waals surface area contributed by atoms with Crippen LogP contribution in [0.4, 0.5) is 10.5 Å². The Hall–Kier alpha value is -2.85. The van der Waals surface area contributed by atoms with Gasteiger partial charge in [0.2, 0.25) is 0 Å². The number of pyridine rings is 1. The maximum Gasteiger partial charge on any atom is 0.411 e. The van der Waals surface area contributed by atoms with Gasteiger partial charge in [0, 0.05) is 29.0 Å². The monoisotopic (exact) mass is 352 g/mol. The molecule has 0 aliphatic rings. The van der Waals surface area contributed by atoms with E-state index in [-0.39, 0.29) is 6.61 Å². The summed E-state index contributed by atoms with van der Waals surface area (Å²) in [6, 6.07) is 20.6. The topological polar surface area (TPSA) is 51.2 Å². The zero-order valence-corrected chi connectivity index (χ0v) is 14.2. The third-order valence-electron chi connectivity index (χ3n) is 3.59. The zero-order valence-electron chi connectivity index (χ0n) is 13.5. The standard InChI is InChI=1S/C20H17ClN2O2/c21-17-8-4-16(5-9-17)14-25-20(24)23-18-10-6-15(7-11-18)13-19-3-1-2-12-22-19/h1-12H,13-14H2,(H,23,24). The molecule has 2 aromatic carbocycles. The summed E-state index contributed by atoms with van der Waals surface area (Å²) in [5.41, 5.74) is 3.69. The molecule has 1 N–H and O–H groups in total. The second-order valence-corrected chi connectivity index (χ2v) is 5.96. The lowest BCUT2D eigenvalue weighted by atomic mass is 10.1. The number of ether oxygens (including phenoxy) is 1. The lowest BCUT2D eigenvalue weighted by Gasteiger charge is -2.08. The quantitative estimate of drug-likeness (QED) is 0.697. The summed E-state index contributed by atoms with van der Waals surface area (Å²) in [6.07, 6.45) is 2.04. The minimum atomic E-state index is -0.493. The summed E-state index contributed by atoms with van der Waals surface area (Å²) >= 11 is 5.82. The molecule has 3 rings (SSSR count). The van der Waals surface area contributed by atoms with Gasteiger partial charge in [-0.3, -0.25) is 10.3 Å². The van der Waals surface area contributed by atoms with Crippen LogP contribution >= 0.6 is 11.6 Å². The van der Waals surface area contributed by atoms with E-state index in [2.05, 4.69) is 10.3 Å². The van der Waals surface area contributed by atoms with Gasteiger partial charge >= 0.3 is 6.09 Å². The van der Waals surface area contributed by atoms with Crippen molar-refractivity contribution < 1.29 is 9.53 Å². The van der Waals surface area contributed by atoms with Gasteiger partial charge in [-0.15, -0.1) is 0 Å². The Bertz CT molecular complexity index is 819. The lowest BCUT2D eigenvalue weighted by Crippen LogP contribution is -2.13. The van der Waals surface area contributed by atoms with Crippen molar-refractivity contribution in [3.8, 4) is 0 Å². The van der Waals surface area contributed by atoms with Crippen molar-refractivity contribution in [3.63, 3.8) is 0 Å². The van der Waals surface area contributed by atoms with Crippen LogP contribution in [0.3, 0.4) is 0 Å². The summed E-state index contributed by atoms with van der Waals surface area (Å²) < 4.78 is 5.19. The number of halogens is 1. The van der Waals surface area contributed by atoms with Gasteiger partial charge in [-0.25, -0.2) is 4.79 Å². The first-order chi connectivity index (χ1) is 12.2. The Morgan fingerprint density at radius 3 is 2.36 bits per heavy atom. The highest BCUT2D eigenvalue weighted by Crippen LogP contribution is 2.14. The summed E-state index contributed by atoms with van der Waals surface area (Å²) in [4.78, 5) is 16.2. The largest absolute Gasteiger partial charge is 0.444 e. The van der Waals surface area contributed by atoms with Crippen LogP contribution in [0.1, 0.15) is 16.8 Å². The molecular weight excluding hydrogens is 336 g/mol. The van der Waals surface area contributed by atoms with Crippen molar-refractivity contribution >= 4 is 23.4 Å². The van der Waals surface area contributed by atoms with Crippen LogP contribution in [0.5, 0.6) is 0 Å². The molecule has 0 atom stereocenters. The predicted molar refractivity (Wildman–Crippen MR) is 98.7 cm³/mol. The van der Waals surface area contributed by atoms with Crippen LogP contribution < -0.4 is 5.32 Å². The SMILES string of the molecule is O=C(Nc1ccc(Cc2ccccn2)cc1)OCc1ccc(Cl)cc1. The number of carbonyl (C=O) groups excluding carboxylic acids is 1. The van der Waals surface area contributed by atoms with Gasteiger partial charge in [-0.2, -0.15) is 0 Å². The first kappa shape index (κ1) is 17.0. The molecule has 0 fully saturated rings. The molecule has 0 unspecified atom stereocenters. The van der Waals surface area contributed by atoms with Crippen molar-refractivity contribution in [2.24, 2.45) is 0 Å². The summed E-state index contributed by atoms with van der Waals surface area (Å²) in [7, 11) is 0. The zero-order chi connectivity index (χ0) is 17.5. The normalized spacial score (nSPS) is 10.3. The van der Waals surface area contributed by atoms with E-state index in [1.165, 1.54) is 0 Å². The first-order valence-corrected chi connectivity index (χ1v) is 8.24. The molecule has 1 amide bonds. The lowest BCUT2D eigenvalue weighted by molar-refractivity contribution is 0.155. The highest BCUT2D eigenvalue weighted by atomic mass is 35.5. The van der Waals surface area contributed by atoms with E-state index in [9.17, 15) is 4.79 Å². The van der Waals surface area contributed by atoms with Gasteiger partial charge < -0.3 is 4.74 Å². The number of aromatic nitrogens is 1. The number of hydrogen-bond acceptors (Lipinski definition) is 3. The molecule has 0 saturated heterocycles. The van der Waals surface area contributed by atoms with Crippen molar-refractivity contribution in [2.75, 3.05) is 5.32 Å². The van der Waals surface area contributed by atoms with Crippen molar-refractivity contribution in [1.82, 2.24) is 4.98 Å². The van der Waals surface area contributed by atoms with Crippen LogP contribution in [-0.4, -0.2) is 11.1 Å². The second-order valence-electron chi connectivity index (χ2n) is 5.52. The third kappa shape index (κ3) is 5.33. The third-order valence-corrected chi connectivity index (χ3v) is 3.85. The fourth-order valence-electron chi connectivity index (χ4n) is 2.30. The maximum atomic E-state index is 11.9. The molecule has 3 aromatic rings. The molecule has 0 aliphatic heterocycles. The molecule has 0 saturated carbocycles.